The van der Waals surface area contributed by atoms with E-state index in [1.807, 2.05) is 70.7 Å². The lowest BCUT2D eigenvalue weighted by atomic mass is 9.84. The van der Waals surface area contributed by atoms with Gasteiger partial charge in [-0.3, -0.25) is 19.2 Å². The van der Waals surface area contributed by atoms with E-state index < -0.39 is 47.8 Å². The highest BCUT2D eigenvalue weighted by Crippen LogP contribution is 2.59. The third-order valence-corrected chi connectivity index (χ3v) is 9.61. The van der Waals surface area contributed by atoms with Crippen molar-refractivity contribution < 1.29 is 19.2 Å². The van der Waals surface area contributed by atoms with Gasteiger partial charge in [-0.2, -0.15) is 0 Å². The van der Waals surface area contributed by atoms with Gasteiger partial charge in [0.05, 0.1) is 35.3 Å². The van der Waals surface area contributed by atoms with E-state index in [2.05, 4.69) is 0 Å². The van der Waals surface area contributed by atoms with Crippen LogP contribution in [0.1, 0.15) is 23.2 Å². The molecule has 4 aliphatic rings. The molecule has 4 fully saturated rings. The van der Waals surface area contributed by atoms with Crippen molar-refractivity contribution in [1.29, 1.82) is 0 Å². The lowest BCUT2D eigenvalue weighted by molar-refractivity contribution is -0.136. The fourth-order valence-electron chi connectivity index (χ4n) is 7.54. The van der Waals surface area contributed by atoms with Crippen molar-refractivity contribution in [1.82, 2.24) is 10.0 Å². The van der Waals surface area contributed by atoms with Gasteiger partial charge >= 0.3 is 0 Å². The van der Waals surface area contributed by atoms with Crippen LogP contribution in [0.5, 0.6) is 0 Å². The Labute approximate surface area is 262 Å². The number of imide groups is 2. The molecule has 8 nitrogen and oxygen atoms in total. The van der Waals surface area contributed by atoms with E-state index in [1.165, 1.54) is 9.80 Å². The first kappa shape index (κ1) is 27.2. The van der Waals surface area contributed by atoms with E-state index in [9.17, 15) is 19.2 Å². The minimum Gasteiger partial charge on any atom is -0.274 e. The summed E-state index contributed by atoms with van der Waals surface area (Å²) in [4.78, 5) is 59.9. The summed E-state index contributed by atoms with van der Waals surface area (Å²) in [5, 5.41) is 4.50. The summed E-state index contributed by atoms with van der Waals surface area (Å²) in [5.74, 6) is -3.26. The minimum atomic E-state index is -0.942. The molecule has 0 spiro atoms. The van der Waals surface area contributed by atoms with E-state index in [1.54, 1.807) is 48.5 Å². The van der Waals surface area contributed by atoms with Crippen LogP contribution in [0.15, 0.2) is 109 Å². The van der Waals surface area contributed by atoms with E-state index in [4.69, 9.17) is 23.2 Å². The molecule has 4 heterocycles. The van der Waals surface area contributed by atoms with Gasteiger partial charge in [0.2, 0.25) is 11.8 Å². The number of hydrazine groups is 1. The zero-order valence-electron chi connectivity index (χ0n) is 23.0. The monoisotopic (exact) mass is 622 g/mol. The van der Waals surface area contributed by atoms with Crippen molar-refractivity contribution in [3.8, 4) is 0 Å². The Morgan fingerprint density at radius 3 is 1.18 bits per heavy atom. The first-order valence-corrected chi connectivity index (χ1v) is 15.1. The quantitative estimate of drug-likeness (QED) is 0.282. The van der Waals surface area contributed by atoms with E-state index in [0.717, 1.165) is 11.1 Å². The first-order chi connectivity index (χ1) is 21.4. The van der Waals surface area contributed by atoms with Crippen molar-refractivity contribution in [2.75, 3.05) is 9.80 Å². The number of carbonyl (C=O) groups is 4. The number of anilines is 2. The Kier molecular flexibility index (Phi) is 6.25. The lowest BCUT2D eigenvalue weighted by Gasteiger charge is -2.35. The van der Waals surface area contributed by atoms with Gasteiger partial charge in [0, 0.05) is 10.0 Å². The van der Waals surface area contributed by atoms with E-state index in [-0.39, 0.29) is 11.8 Å². The van der Waals surface area contributed by atoms with Crippen LogP contribution >= 0.6 is 23.2 Å². The third kappa shape index (κ3) is 3.78. The van der Waals surface area contributed by atoms with Crippen LogP contribution in [0.3, 0.4) is 0 Å². The first-order valence-electron chi connectivity index (χ1n) is 14.3. The van der Waals surface area contributed by atoms with Gasteiger partial charge in [-0.15, -0.1) is 0 Å². The van der Waals surface area contributed by atoms with Crippen LogP contribution in [-0.4, -0.2) is 45.7 Å². The molecule has 4 aromatic carbocycles. The highest BCUT2D eigenvalue weighted by molar-refractivity contribution is 6.32. The molecule has 4 saturated heterocycles. The molecule has 0 aliphatic carbocycles. The number of hydrogen-bond acceptors (Lipinski definition) is 6. The summed E-state index contributed by atoms with van der Waals surface area (Å²) in [7, 11) is 0. The number of amides is 4. The maximum atomic E-state index is 14.4. The van der Waals surface area contributed by atoms with Crippen LogP contribution in [0.2, 0.25) is 10.0 Å². The van der Waals surface area contributed by atoms with Crippen molar-refractivity contribution in [2.24, 2.45) is 11.8 Å². The molecule has 0 N–H and O–H groups in total. The van der Waals surface area contributed by atoms with E-state index >= 15 is 0 Å². The zero-order chi connectivity index (χ0) is 30.3. The molecule has 10 heteroatoms. The smallest absolute Gasteiger partial charge is 0.253 e. The third-order valence-electron chi connectivity index (χ3n) is 9.14. The maximum absolute atomic E-state index is 14.4. The van der Waals surface area contributed by atoms with Gasteiger partial charge in [0.1, 0.15) is 12.1 Å². The zero-order valence-corrected chi connectivity index (χ0v) is 24.5. The second-order valence-corrected chi connectivity index (χ2v) is 12.3. The minimum absolute atomic E-state index is 0.377. The normalized spacial score (nSPS) is 28.1. The number of benzene rings is 4. The molecule has 6 atom stereocenters. The van der Waals surface area contributed by atoms with Gasteiger partial charge in [0.15, 0.2) is 0 Å². The Bertz CT molecular complexity index is 1720. The number of carbonyl (C=O) groups excluding carboxylic acids is 4. The summed E-state index contributed by atoms with van der Waals surface area (Å²) in [6.07, 6.45) is 0. The lowest BCUT2D eigenvalue weighted by Crippen LogP contribution is -2.50. The predicted octanol–water partition coefficient (Wildman–Crippen LogP) is 5.44. The molecule has 44 heavy (non-hydrogen) atoms. The van der Waals surface area contributed by atoms with Gasteiger partial charge in [-0.1, -0.05) is 96.0 Å². The molecule has 4 aromatic rings. The molecule has 0 bridgehead atoms. The van der Waals surface area contributed by atoms with Crippen molar-refractivity contribution in [3.63, 3.8) is 0 Å². The van der Waals surface area contributed by atoms with Crippen LogP contribution in [0.4, 0.5) is 11.4 Å². The van der Waals surface area contributed by atoms with Crippen molar-refractivity contribution in [2.45, 2.75) is 24.2 Å². The number of rotatable bonds is 4. The SMILES string of the molecule is O=C1[C@@H]2[C@@H](C(=O)N1c1cccc(Cl)c1)N1[C@@H](c3ccccc3)[C@@H]3C(=O)N(c4cccc(Cl)c4)C(=O)[C@@H]3N1[C@@H]2c1ccccc1. The predicted molar refractivity (Wildman–Crippen MR) is 164 cm³/mol. The second kappa shape index (κ2) is 10.1. The average Bonchev–Trinajstić information content (AvgIpc) is 3.69. The standard InChI is InChI=1S/C34H24Cl2N4O4/c35-21-13-7-15-23(17-21)37-31(41)25-27(19-9-3-1-4-10-19)39-30-26(32(42)38(34(30)44)24-16-8-14-22(36)18-24)28(20-11-5-2-6-12-20)40(39)29(25)33(37)43/h1-18,25-30H/t25-,26-,27-,28+,29+,30-/m0/s1. The number of nitrogens with zero attached hydrogens (tertiary/aromatic N) is 4. The molecule has 4 aliphatic heterocycles. The summed E-state index contributed by atoms with van der Waals surface area (Å²) in [5.41, 5.74) is 2.31. The van der Waals surface area contributed by atoms with Crippen molar-refractivity contribution >= 4 is 58.2 Å². The Morgan fingerprint density at radius 1 is 0.432 bits per heavy atom. The van der Waals surface area contributed by atoms with Gasteiger partial charge in [0.25, 0.3) is 11.8 Å². The van der Waals surface area contributed by atoms with E-state index in [0.29, 0.717) is 21.4 Å². The Hall–Kier alpha value is -4.34. The Balaban J connectivity index is 1.33. The molecule has 0 radical (unpaired) electrons. The molecule has 0 unspecified atom stereocenters. The number of halogens is 2. The molecule has 0 saturated carbocycles. The van der Waals surface area contributed by atoms with Gasteiger partial charge < -0.3 is 0 Å². The molecule has 4 amide bonds. The molecular weight excluding hydrogens is 599 g/mol. The Morgan fingerprint density at radius 2 is 0.818 bits per heavy atom. The van der Waals surface area contributed by atoms with Crippen LogP contribution in [0, 0.1) is 11.8 Å². The summed E-state index contributed by atoms with van der Waals surface area (Å²) in [6, 6.07) is 28.9. The largest absolute Gasteiger partial charge is 0.274 e. The highest BCUT2D eigenvalue weighted by Gasteiger charge is 2.73. The summed E-state index contributed by atoms with van der Waals surface area (Å²) in [6.45, 7) is 0. The molecule has 0 aromatic heterocycles. The van der Waals surface area contributed by atoms with Crippen LogP contribution in [0.25, 0.3) is 0 Å². The average molecular weight is 623 g/mol. The van der Waals surface area contributed by atoms with Gasteiger partial charge in [-0.25, -0.2) is 19.8 Å². The molecular formula is C34H24Cl2N4O4. The topological polar surface area (TPSA) is 81.2 Å². The maximum Gasteiger partial charge on any atom is 0.253 e. The second-order valence-electron chi connectivity index (χ2n) is 11.4. The molecule has 8 rings (SSSR count). The van der Waals surface area contributed by atoms with Crippen LogP contribution < -0.4 is 9.80 Å². The van der Waals surface area contributed by atoms with Gasteiger partial charge in [-0.05, 0) is 47.5 Å². The summed E-state index contributed by atoms with van der Waals surface area (Å²) >= 11 is 12.5. The molecule has 218 valence electrons. The van der Waals surface area contributed by atoms with Crippen molar-refractivity contribution in [3.05, 3.63) is 130 Å². The fourth-order valence-corrected chi connectivity index (χ4v) is 7.91. The fraction of sp³-hybridized carbons (Fsp3) is 0.176. The van der Waals surface area contributed by atoms with Crippen LogP contribution in [-0.2, 0) is 19.2 Å². The number of fused-ring (bicyclic) bond motifs is 5. The highest BCUT2D eigenvalue weighted by atomic mass is 35.5. The number of hydrogen-bond donors (Lipinski definition) is 0. The summed E-state index contributed by atoms with van der Waals surface area (Å²) < 4.78 is 0.